The van der Waals surface area contributed by atoms with Crippen LogP contribution in [0.25, 0.3) is 10.8 Å². The van der Waals surface area contributed by atoms with Gasteiger partial charge in [0.1, 0.15) is 0 Å². The van der Waals surface area contributed by atoms with Crippen molar-refractivity contribution in [3.05, 3.63) is 40.3 Å². The van der Waals surface area contributed by atoms with Gasteiger partial charge in [-0.2, -0.15) is 5.10 Å². The van der Waals surface area contributed by atoms with Crippen molar-refractivity contribution in [3.63, 3.8) is 0 Å². The van der Waals surface area contributed by atoms with Gasteiger partial charge in [0.25, 0.3) is 11.5 Å². The number of fused-ring (bicyclic) bond motifs is 1. The van der Waals surface area contributed by atoms with Gasteiger partial charge in [-0.3, -0.25) is 9.59 Å². The molecule has 0 aliphatic rings. The van der Waals surface area contributed by atoms with Crippen molar-refractivity contribution in [2.45, 2.75) is 26.8 Å². The third-order valence-electron chi connectivity index (χ3n) is 3.29. The molecule has 0 saturated carbocycles. The van der Waals surface area contributed by atoms with Gasteiger partial charge in [0.15, 0.2) is 5.69 Å². The molecule has 1 heterocycles. The van der Waals surface area contributed by atoms with E-state index in [1.165, 1.54) is 4.68 Å². The molecular formula is C16H22N4O2. The topological polar surface area (TPSA) is 90.0 Å². The predicted molar refractivity (Wildman–Crippen MR) is 86.8 cm³/mol. The van der Waals surface area contributed by atoms with Crippen LogP contribution in [0, 0.1) is 5.92 Å². The smallest absolute Gasteiger partial charge is 0.274 e. The summed E-state index contributed by atoms with van der Waals surface area (Å²) in [6, 6.07) is 7.07. The second kappa shape index (κ2) is 7.17. The van der Waals surface area contributed by atoms with E-state index >= 15 is 0 Å². The largest absolute Gasteiger partial charge is 0.351 e. The number of rotatable bonds is 6. The first-order valence-corrected chi connectivity index (χ1v) is 7.52. The second-order valence-corrected chi connectivity index (χ2v) is 5.67. The number of carbonyl (C=O) groups is 1. The Balaban J connectivity index is 2.49. The number of nitrogens with one attached hydrogen (secondary N) is 1. The van der Waals surface area contributed by atoms with E-state index in [4.69, 9.17) is 5.73 Å². The van der Waals surface area contributed by atoms with Crippen molar-refractivity contribution in [1.29, 1.82) is 0 Å². The number of aromatic nitrogens is 2. The molecule has 3 N–H and O–H groups in total. The Labute approximate surface area is 129 Å². The molecule has 2 aromatic rings. The first-order chi connectivity index (χ1) is 10.5. The Kier molecular flexibility index (Phi) is 5.27. The lowest BCUT2D eigenvalue weighted by molar-refractivity contribution is 0.0947. The summed E-state index contributed by atoms with van der Waals surface area (Å²) in [5.41, 5.74) is 5.55. The van der Waals surface area contributed by atoms with E-state index in [0.717, 1.165) is 0 Å². The minimum atomic E-state index is -0.276. The summed E-state index contributed by atoms with van der Waals surface area (Å²) in [7, 11) is 0. The molecule has 0 radical (unpaired) electrons. The van der Waals surface area contributed by atoms with Crippen LogP contribution in [0.5, 0.6) is 0 Å². The third kappa shape index (κ3) is 3.51. The van der Waals surface area contributed by atoms with Crippen molar-refractivity contribution < 1.29 is 4.79 Å². The van der Waals surface area contributed by atoms with Crippen LogP contribution in [0.15, 0.2) is 29.1 Å². The van der Waals surface area contributed by atoms with E-state index in [1.54, 1.807) is 24.3 Å². The van der Waals surface area contributed by atoms with Crippen LogP contribution in [0.2, 0.25) is 0 Å². The molecule has 6 heteroatoms. The fraction of sp³-hybridized carbons (Fsp3) is 0.438. The molecule has 0 unspecified atom stereocenters. The van der Waals surface area contributed by atoms with Crippen molar-refractivity contribution >= 4 is 16.7 Å². The average molecular weight is 302 g/mol. The number of hydrogen-bond acceptors (Lipinski definition) is 4. The lowest BCUT2D eigenvalue weighted by atomic mass is 10.1. The first-order valence-electron chi connectivity index (χ1n) is 7.52. The summed E-state index contributed by atoms with van der Waals surface area (Å²) in [6.45, 7) is 5.50. The Morgan fingerprint density at radius 3 is 2.64 bits per heavy atom. The average Bonchev–Trinajstić information content (AvgIpc) is 2.50. The predicted octanol–water partition coefficient (Wildman–Crippen LogP) is 1.13. The third-order valence-corrected chi connectivity index (χ3v) is 3.29. The molecule has 0 atom stereocenters. The highest BCUT2D eigenvalue weighted by molar-refractivity contribution is 6.04. The molecule has 0 saturated heterocycles. The molecule has 22 heavy (non-hydrogen) atoms. The van der Waals surface area contributed by atoms with Gasteiger partial charge in [0.05, 0.1) is 5.39 Å². The number of amides is 1. The molecule has 6 nitrogen and oxygen atoms in total. The zero-order chi connectivity index (χ0) is 16.1. The molecule has 0 spiro atoms. The van der Waals surface area contributed by atoms with E-state index in [-0.39, 0.29) is 23.1 Å². The Morgan fingerprint density at radius 1 is 1.32 bits per heavy atom. The van der Waals surface area contributed by atoms with Crippen LogP contribution >= 0.6 is 0 Å². The van der Waals surface area contributed by atoms with Crippen molar-refractivity contribution in [2.24, 2.45) is 11.7 Å². The minimum absolute atomic E-state index is 0.164. The summed E-state index contributed by atoms with van der Waals surface area (Å²) < 4.78 is 1.38. The SMILES string of the molecule is CC(C)Cn1nc(C(=O)NCCCN)c2ccccc2c1=O. The molecular weight excluding hydrogens is 280 g/mol. The number of carbonyl (C=O) groups excluding carboxylic acids is 1. The molecule has 118 valence electrons. The van der Waals surface area contributed by atoms with Gasteiger partial charge in [-0.1, -0.05) is 32.0 Å². The first kappa shape index (κ1) is 16.2. The Bertz CT molecular complexity index is 722. The molecule has 1 aromatic heterocycles. The zero-order valence-corrected chi connectivity index (χ0v) is 13.0. The highest BCUT2D eigenvalue weighted by Crippen LogP contribution is 2.13. The van der Waals surface area contributed by atoms with Crippen LogP contribution in [-0.2, 0) is 6.54 Å². The standard InChI is InChI=1S/C16H22N4O2/c1-11(2)10-20-16(22)13-7-4-3-6-12(13)14(19-20)15(21)18-9-5-8-17/h3-4,6-7,11H,5,8-10,17H2,1-2H3,(H,18,21). The number of hydrogen-bond donors (Lipinski definition) is 2. The number of nitrogens with zero attached hydrogens (tertiary/aromatic N) is 2. The van der Waals surface area contributed by atoms with Gasteiger partial charge >= 0.3 is 0 Å². The quantitative estimate of drug-likeness (QED) is 0.783. The summed E-state index contributed by atoms with van der Waals surface area (Å²) in [4.78, 5) is 24.8. The molecule has 0 fully saturated rings. The van der Waals surface area contributed by atoms with Gasteiger partial charge < -0.3 is 11.1 Å². The fourth-order valence-electron chi connectivity index (χ4n) is 2.26. The van der Waals surface area contributed by atoms with Gasteiger partial charge in [-0.25, -0.2) is 4.68 Å². The Morgan fingerprint density at radius 2 is 2.00 bits per heavy atom. The van der Waals surface area contributed by atoms with E-state index in [0.29, 0.717) is 36.8 Å². The lowest BCUT2D eigenvalue weighted by Gasteiger charge is -2.12. The maximum atomic E-state index is 12.5. The molecule has 1 amide bonds. The maximum absolute atomic E-state index is 12.5. The highest BCUT2D eigenvalue weighted by Gasteiger charge is 2.16. The zero-order valence-electron chi connectivity index (χ0n) is 13.0. The van der Waals surface area contributed by atoms with E-state index in [9.17, 15) is 9.59 Å². The van der Waals surface area contributed by atoms with Crippen molar-refractivity contribution in [3.8, 4) is 0 Å². The van der Waals surface area contributed by atoms with Crippen LogP contribution in [0.3, 0.4) is 0 Å². The van der Waals surface area contributed by atoms with Crippen LogP contribution in [0.1, 0.15) is 30.8 Å². The van der Waals surface area contributed by atoms with Crippen LogP contribution in [-0.4, -0.2) is 28.8 Å². The molecule has 0 aliphatic heterocycles. The minimum Gasteiger partial charge on any atom is -0.351 e. The van der Waals surface area contributed by atoms with Crippen LogP contribution in [0.4, 0.5) is 0 Å². The molecule has 1 aromatic carbocycles. The van der Waals surface area contributed by atoms with Gasteiger partial charge in [-0.15, -0.1) is 0 Å². The maximum Gasteiger partial charge on any atom is 0.274 e. The normalized spacial score (nSPS) is 11.1. The number of benzene rings is 1. The van der Waals surface area contributed by atoms with Crippen molar-refractivity contribution in [2.75, 3.05) is 13.1 Å². The summed E-state index contributed by atoms with van der Waals surface area (Å²) >= 11 is 0. The fourth-order valence-corrected chi connectivity index (χ4v) is 2.26. The Hall–Kier alpha value is -2.21. The lowest BCUT2D eigenvalue weighted by Crippen LogP contribution is -2.32. The van der Waals surface area contributed by atoms with E-state index < -0.39 is 0 Å². The monoisotopic (exact) mass is 302 g/mol. The highest BCUT2D eigenvalue weighted by atomic mass is 16.2. The van der Waals surface area contributed by atoms with E-state index in [2.05, 4.69) is 10.4 Å². The molecule has 2 rings (SSSR count). The number of nitrogens with two attached hydrogens (primary N) is 1. The molecule has 0 bridgehead atoms. The summed E-state index contributed by atoms with van der Waals surface area (Å²) in [5, 5.41) is 8.17. The van der Waals surface area contributed by atoms with Crippen molar-refractivity contribution in [1.82, 2.24) is 15.1 Å². The van der Waals surface area contributed by atoms with Gasteiger partial charge in [-0.05, 0) is 24.9 Å². The van der Waals surface area contributed by atoms with E-state index in [1.807, 2.05) is 13.8 Å². The summed E-state index contributed by atoms with van der Waals surface area (Å²) in [5.74, 6) is -0.0123. The molecule has 0 aliphatic carbocycles. The van der Waals surface area contributed by atoms with Gasteiger partial charge in [0.2, 0.25) is 0 Å². The summed E-state index contributed by atoms with van der Waals surface area (Å²) in [6.07, 6.45) is 0.704. The van der Waals surface area contributed by atoms with Gasteiger partial charge in [0, 0.05) is 18.5 Å². The second-order valence-electron chi connectivity index (χ2n) is 5.67. The van der Waals surface area contributed by atoms with Crippen LogP contribution < -0.4 is 16.6 Å².